The smallest absolute Gasteiger partial charge is 0.261 e. The summed E-state index contributed by atoms with van der Waals surface area (Å²) in [5.74, 6) is 0.967. The van der Waals surface area contributed by atoms with Gasteiger partial charge in [0, 0.05) is 60.7 Å². The number of nitrogens with one attached hydrogen (secondary N) is 2. The maximum absolute atomic E-state index is 12.0. The molecule has 3 aromatic rings. The van der Waals surface area contributed by atoms with Gasteiger partial charge in [-0.2, -0.15) is 0 Å². The molecule has 1 aromatic heterocycles. The lowest BCUT2D eigenvalue weighted by atomic mass is 10.0. The summed E-state index contributed by atoms with van der Waals surface area (Å²) in [5, 5.41) is 1.27. The molecule has 6 nitrogen and oxygen atoms in total. The van der Waals surface area contributed by atoms with Crippen LogP contribution in [0.4, 0.5) is 0 Å². The van der Waals surface area contributed by atoms with Crippen LogP contribution in [0.3, 0.4) is 0 Å². The van der Waals surface area contributed by atoms with E-state index in [9.17, 15) is 4.79 Å². The van der Waals surface area contributed by atoms with Gasteiger partial charge in [0.15, 0.2) is 0 Å². The Bertz CT molecular complexity index is 1170. The van der Waals surface area contributed by atoms with Gasteiger partial charge in [0.25, 0.3) is 5.91 Å². The maximum Gasteiger partial charge on any atom is 0.261 e. The summed E-state index contributed by atoms with van der Waals surface area (Å²) in [7, 11) is 1.77. The van der Waals surface area contributed by atoms with E-state index in [0.29, 0.717) is 6.10 Å². The predicted octanol–water partition coefficient (Wildman–Crippen LogP) is 6.67. The lowest BCUT2D eigenvalue weighted by molar-refractivity contribution is 0.00423. The van der Waals surface area contributed by atoms with Gasteiger partial charge in [-0.1, -0.05) is 43.3 Å². The molecule has 7 heteroatoms. The van der Waals surface area contributed by atoms with Crippen molar-refractivity contribution in [3.63, 3.8) is 0 Å². The third kappa shape index (κ3) is 7.78. The Balaban J connectivity index is 1.08. The molecule has 0 aliphatic carbocycles. The van der Waals surface area contributed by atoms with Crippen molar-refractivity contribution in [1.29, 1.82) is 0 Å². The third-order valence-corrected chi connectivity index (χ3v) is 7.98. The van der Waals surface area contributed by atoms with Gasteiger partial charge in [-0.05, 0) is 74.4 Å². The van der Waals surface area contributed by atoms with Crippen LogP contribution in [-0.2, 0) is 17.7 Å². The first-order valence-electron chi connectivity index (χ1n) is 14.0. The van der Waals surface area contributed by atoms with Gasteiger partial charge in [0.05, 0.1) is 13.2 Å². The monoisotopic (exact) mass is 537 g/mol. The second-order valence-electron chi connectivity index (χ2n) is 10.3. The Morgan fingerprint density at radius 2 is 1.89 bits per heavy atom. The minimum Gasteiger partial charge on any atom is -0.496 e. The number of carbonyl (C=O) groups is 1. The molecular formula is C31H43N3O3S. The highest BCUT2D eigenvalue weighted by Gasteiger charge is 2.22. The number of carbonyl (C=O) groups excluding carboxylic acids is 1. The van der Waals surface area contributed by atoms with Crippen LogP contribution in [0.25, 0.3) is 10.9 Å². The molecular weight excluding hydrogens is 494 g/mol. The zero-order chi connectivity index (χ0) is 26.7. The van der Waals surface area contributed by atoms with Gasteiger partial charge < -0.3 is 14.5 Å². The highest BCUT2D eigenvalue weighted by atomic mass is 32.2. The fourth-order valence-electron chi connectivity index (χ4n) is 5.47. The molecule has 1 aliphatic rings. The Morgan fingerprint density at radius 3 is 2.68 bits per heavy atom. The van der Waals surface area contributed by atoms with E-state index in [1.807, 2.05) is 30.7 Å². The largest absolute Gasteiger partial charge is 0.496 e. The van der Waals surface area contributed by atoms with E-state index in [0.717, 1.165) is 69.7 Å². The summed E-state index contributed by atoms with van der Waals surface area (Å²) < 4.78 is 14.8. The summed E-state index contributed by atoms with van der Waals surface area (Å²) in [4.78, 5) is 17.9. The number of nitrogens with zero attached hydrogens (tertiary/aromatic N) is 1. The summed E-state index contributed by atoms with van der Waals surface area (Å²) in [5.41, 5.74) is 5.70. The number of unbranched alkanes of at least 4 members (excludes halogenated alkanes) is 4. The molecule has 2 heterocycles. The number of fused-ring (bicyclic) bond motifs is 1. The zero-order valence-corrected chi connectivity index (χ0v) is 24.0. The SMILES string of the molecule is COc1cc(C)c2[nH]ccc2c1CN1CCC(OCCCCCCCc2cccc(C(=O)NSC)c2)CC1. The molecule has 206 valence electrons. The Hall–Kier alpha value is -2.48. The summed E-state index contributed by atoms with van der Waals surface area (Å²) >= 11 is 1.34. The number of ether oxygens (including phenoxy) is 2. The molecule has 0 spiro atoms. The van der Waals surface area contributed by atoms with Gasteiger partial charge in [-0.3, -0.25) is 14.4 Å². The normalized spacial score (nSPS) is 14.7. The van der Waals surface area contributed by atoms with Crippen LogP contribution in [0, 0.1) is 6.92 Å². The fraction of sp³-hybridized carbons (Fsp3) is 0.516. The third-order valence-electron chi connectivity index (χ3n) is 7.60. The lowest BCUT2D eigenvalue weighted by Crippen LogP contribution is -2.36. The van der Waals surface area contributed by atoms with E-state index in [1.54, 1.807) is 7.11 Å². The average Bonchev–Trinajstić information content (AvgIpc) is 3.44. The van der Waals surface area contributed by atoms with Crippen molar-refractivity contribution in [2.45, 2.75) is 70.9 Å². The molecule has 2 aromatic carbocycles. The minimum atomic E-state index is -0.0188. The second kappa shape index (κ2) is 14.6. The first kappa shape index (κ1) is 28.5. The number of aryl methyl sites for hydroxylation is 2. The zero-order valence-electron chi connectivity index (χ0n) is 23.2. The van der Waals surface area contributed by atoms with E-state index in [4.69, 9.17) is 9.47 Å². The van der Waals surface area contributed by atoms with Gasteiger partial charge in [-0.15, -0.1) is 0 Å². The molecule has 2 N–H and O–H groups in total. The molecule has 0 radical (unpaired) electrons. The number of H-pyrrole nitrogens is 1. The molecule has 1 aliphatic heterocycles. The van der Waals surface area contributed by atoms with Gasteiger partial charge in [-0.25, -0.2) is 0 Å². The van der Waals surface area contributed by atoms with Crippen LogP contribution < -0.4 is 9.46 Å². The number of hydrogen-bond donors (Lipinski definition) is 2. The topological polar surface area (TPSA) is 66.6 Å². The Morgan fingerprint density at radius 1 is 1.11 bits per heavy atom. The quantitative estimate of drug-likeness (QED) is 0.178. The number of rotatable bonds is 14. The standard InChI is InChI=1S/C31H43N3O3S/c1-23-20-29(36-2)28(27-13-16-32-30(23)27)22-34-17-14-26(15-18-34)37-19-8-6-4-5-7-10-24-11-9-12-25(21-24)31(35)33-38-3/h9,11-13,16,20-21,26,32H,4-8,10,14-15,17-19,22H2,1-3H3,(H,33,35). The number of hydrogen-bond acceptors (Lipinski definition) is 5. The van der Waals surface area contributed by atoms with Crippen LogP contribution >= 0.6 is 11.9 Å². The molecule has 1 amide bonds. The van der Waals surface area contributed by atoms with Crippen molar-refractivity contribution in [2.24, 2.45) is 0 Å². The summed E-state index contributed by atoms with van der Waals surface area (Å²) in [6.07, 6.45) is 13.5. The lowest BCUT2D eigenvalue weighted by Gasteiger charge is -2.32. The van der Waals surface area contributed by atoms with Gasteiger partial charge in [0.1, 0.15) is 5.75 Å². The van der Waals surface area contributed by atoms with Crippen molar-refractivity contribution in [3.05, 3.63) is 64.8 Å². The molecule has 0 unspecified atom stereocenters. The van der Waals surface area contributed by atoms with E-state index >= 15 is 0 Å². The number of aromatic nitrogens is 1. The van der Waals surface area contributed by atoms with Crippen LogP contribution in [0.15, 0.2) is 42.6 Å². The first-order chi connectivity index (χ1) is 18.6. The molecule has 0 atom stereocenters. The number of methoxy groups -OCH3 is 1. The van der Waals surface area contributed by atoms with Crippen molar-refractivity contribution in [1.82, 2.24) is 14.6 Å². The number of amides is 1. The highest BCUT2D eigenvalue weighted by Crippen LogP contribution is 2.32. The van der Waals surface area contributed by atoms with E-state index in [1.165, 1.54) is 58.8 Å². The minimum absolute atomic E-state index is 0.0188. The predicted molar refractivity (Wildman–Crippen MR) is 158 cm³/mol. The fourth-order valence-corrected chi connectivity index (χ4v) is 5.77. The molecule has 0 saturated carbocycles. The van der Waals surface area contributed by atoms with Crippen LogP contribution in [0.2, 0.25) is 0 Å². The van der Waals surface area contributed by atoms with Crippen LogP contribution in [0.5, 0.6) is 5.75 Å². The van der Waals surface area contributed by atoms with Gasteiger partial charge in [0.2, 0.25) is 0 Å². The van der Waals surface area contributed by atoms with E-state index in [-0.39, 0.29) is 5.91 Å². The summed E-state index contributed by atoms with van der Waals surface area (Å²) in [6.45, 7) is 6.04. The van der Waals surface area contributed by atoms with Crippen LogP contribution in [0.1, 0.15) is 72.0 Å². The van der Waals surface area contributed by atoms with E-state index in [2.05, 4.69) is 39.7 Å². The molecule has 38 heavy (non-hydrogen) atoms. The van der Waals surface area contributed by atoms with E-state index < -0.39 is 0 Å². The molecule has 1 saturated heterocycles. The van der Waals surface area contributed by atoms with Crippen molar-refractivity contribution < 1.29 is 14.3 Å². The number of likely N-dealkylation sites (tertiary alicyclic amines) is 1. The van der Waals surface area contributed by atoms with Crippen LogP contribution in [-0.4, -0.2) is 55.0 Å². The van der Waals surface area contributed by atoms with Crippen molar-refractivity contribution in [3.8, 4) is 5.75 Å². The molecule has 1 fully saturated rings. The van der Waals surface area contributed by atoms with Crippen molar-refractivity contribution in [2.75, 3.05) is 33.1 Å². The highest BCUT2D eigenvalue weighted by molar-refractivity contribution is 7.97. The second-order valence-corrected chi connectivity index (χ2v) is 11.0. The summed E-state index contributed by atoms with van der Waals surface area (Å²) in [6, 6.07) is 12.3. The number of aromatic amines is 1. The maximum atomic E-state index is 12.0. The Kier molecular flexibility index (Phi) is 11.0. The Labute approximate surface area is 232 Å². The number of piperidine rings is 1. The number of benzene rings is 2. The average molecular weight is 538 g/mol. The first-order valence-corrected chi connectivity index (χ1v) is 15.2. The van der Waals surface area contributed by atoms with Crippen molar-refractivity contribution >= 4 is 28.8 Å². The molecule has 0 bridgehead atoms. The molecule has 4 rings (SSSR count). The van der Waals surface area contributed by atoms with Gasteiger partial charge >= 0.3 is 0 Å².